The lowest BCUT2D eigenvalue weighted by Crippen LogP contribution is -2.38. The van der Waals surface area contributed by atoms with E-state index in [0.29, 0.717) is 24.2 Å². The van der Waals surface area contributed by atoms with E-state index in [1.54, 1.807) is 18.2 Å². The molecule has 1 aromatic carbocycles. The lowest BCUT2D eigenvalue weighted by atomic mass is 10.1. The van der Waals surface area contributed by atoms with Crippen molar-refractivity contribution in [3.05, 3.63) is 35.6 Å². The summed E-state index contributed by atoms with van der Waals surface area (Å²) in [6.45, 7) is 2.51. The second kappa shape index (κ2) is 5.80. The van der Waals surface area contributed by atoms with Crippen molar-refractivity contribution >= 4 is 0 Å². The molecule has 2 saturated heterocycles. The Balaban J connectivity index is 1.65. The minimum Gasteiger partial charge on any atom is -0.387 e. The van der Waals surface area contributed by atoms with Gasteiger partial charge in [0.15, 0.2) is 0 Å². The van der Waals surface area contributed by atoms with Crippen LogP contribution in [0.5, 0.6) is 0 Å². The largest absolute Gasteiger partial charge is 0.387 e. The molecule has 2 heterocycles. The normalized spacial score (nSPS) is 29.4. The van der Waals surface area contributed by atoms with Gasteiger partial charge in [-0.25, -0.2) is 4.39 Å². The van der Waals surface area contributed by atoms with Crippen LogP contribution >= 0.6 is 0 Å². The highest BCUT2D eigenvalue weighted by atomic mass is 19.1. The van der Waals surface area contributed by atoms with Gasteiger partial charge in [-0.1, -0.05) is 18.2 Å². The molecule has 2 fully saturated rings. The fourth-order valence-electron chi connectivity index (χ4n) is 3.63. The van der Waals surface area contributed by atoms with Gasteiger partial charge in [0, 0.05) is 30.7 Å². The molecule has 3 rings (SSSR count). The Morgan fingerprint density at radius 3 is 2.80 bits per heavy atom. The molecule has 3 unspecified atom stereocenters. The molecule has 2 aliphatic rings. The van der Waals surface area contributed by atoms with Crippen LogP contribution in [0.25, 0.3) is 0 Å². The molecule has 110 valence electrons. The second-order valence-electron chi connectivity index (χ2n) is 6.14. The Morgan fingerprint density at radius 1 is 1.25 bits per heavy atom. The molecule has 0 spiro atoms. The van der Waals surface area contributed by atoms with E-state index in [-0.39, 0.29) is 5.82 Å². The van der Waals surface area contributed by atoms with Crippen molar-refractivity contribution in [1.82, 2.24) is 9.80 Å². The van der Waals surface area contributed by atoms with Gasteiger partial charge in [0.05, 0.1) is 6.10 Å². The quantitative estimate of drug-likeness (QED) is 0.916. The molecule has 1 N–H and O–H groups in total. The van der Waals surface area contributed by atoms with Gasteiger partial charge in [-0.15, -0.1) is 0 Å². The summed E-state index contributed by atoms with van der Waals surface area (Å²) in [6, 6.07) is 7.81. The Labute approximate surface area is 120 Å². The fourth-order valence-corrected chi connectivity index (χ4v) is 3.63. The van der Waals surface area contributed by atoms with Crippen LogP contribution in [-0.2, 0) is 0 Å². The number of β-amino-alcohol motifs (C(OH)–C–C–N with tert-alkyl or cyclic N) is 1. The summed E-state index contributed by atoms with van der Waals surface area (Å²) in [5.74, 6) is -0.312. The van der Waals surface area contributed by atoms with Crippen molar-refractivity contribution in [1.29, 1.82) is 0 Å². The average molecular weight is 278 g/mol. The maximum absolute atomic E-state index is 13.7. The van der Waals surface area contributed by atoms with Gasteiger partial charge in [0.25, 0.3) is 0 Å². The zero-order chi connectivity index (χ0) is 14.1. The Hall–Kier alpha value is -0.970. The number of hydrogen-bond donors (Lipinski definition) is 1. The maximum Gasteiger partial charge on any atom is 0.129 e. The number of fused-ring (bicyclic) bond motifs is 2. The number of likely N-dealkylation sites (N-methyl/N-ethyl adjacent to an activating group) is 1. The van der Waals surface area contributed by atoms with Crippen molar-refractivity contribution in [3.8, 4) is 0 Å². The monoisotopic (exact) mass is 278 g/mol. The first-order valence-corrected chi connectivity index (χ1v) is 7.52. The van der Waals surface area contributed by atoms with Crippen LogP contribution in [0.15, 0.2) is 24.3 Å². The minimum absolute atomic E-state index is 0.312. The van der Waals surface area contributed by atoms with Crippen LogP contribution in [0.2, 0.25) is 0 Å². The molecule has 0 aromatic heterocycles. The number of aliphatic hydroxyl groups is 1. The van der Waals surface area contributed by atoms with Crippen LogP contribution in [0.4, 0.5) is 4.39 Å². The highest BCUT2D eigenvalue weighted by Crippen LogP contribution is 2.29. The van der Waals surface area contributed by atoms with E-state index in [1.165, 1.54) is 18.9 Å². The van der Waals surface area contributed by atoms with Crippen molar-refractivity contribution < 1.29 is 9.50 Å². The molecule has 2 aliphatic heterocycles. The highest BCUT2D eigenvalue weighted by molar-refractivity contribution is 5.20. The molecule has 3 atom stereocenters. The number of likely N-dealkylation sites (tertiary alicyclic amines) is 1. The summed E-state index contributed by atoms with van der Waals surface area (Å²) in [4.78, 5) is 4.77. The van der Waals surface area contributed by atoms with E-state index in [0.717, 1.165) is 19.5 Å². The van der Waals surface area contributed by atoms with Crippen LogP contribution in [0.1, 0.15) is 30.9 Å². The van der Waals surface area contributed by atoms with Gasteiger partial charge in [-0.3, -0.25) is 9.80 Å². The highest BCUT2D eigenvalue weighted by Gasteiger charge is 2.35. The molecule has 4 heteroatoms. The third-order valence-electron chi connectivity index (χ3n) is 4.93. The molecule has 0 aliphatic carbocycles. The summed E-state index contributed by atoms with van der Waals surface area (Å²) < 4.78 is 13.7. The number of aliphatic hydroxyl groups excluding tert-OH is 1. The van der Waals surface area contributed by atoms with Crippen LogP contribution in [0.3, 0.4) is 0 Å². The number of rotatable bonds is 3. The molecular formula is C16H23FN2O. The first kappa shape index (κ1) is 14.0. The van der Waals surface area contributed by atoms with E-state index in [4.69, 9.17) is 0 Å². The molecule has 0 radical (unpaired) electrons. The number of nitrogens with zero attached hydrogens (tertiary/aromatic N) is 2. The topological polar surface area (TPSA) is 26.7 Å². The SMILES string of the molecule is CN1C2CCC1CN(CC(O)c1ccccc1F)CC2. The van der Waals surface area contributed by atoms with Gasteiger partial charge in [0.1, 0.15) is 5.82 Å². The molecule has 20 heavy (non-hydrogen) atoms. The summed E-state index contributed by atoms with van der Waals surface area (Å²) >= 11 is 0. The smallest absolute Gasteiger partial charge is 0.129 e. The number of benzene rings is 1. The van der Waals surface area contributed by atoms with Gasteiger partial charge in [0.2, 0.25) is 0 Å². The van der Waals surface area contributed by atoms with Crippen molar-refractivity contribution in [2.75, 3.05) is 26.7 Å². The summed E-state index contributed by atoms with van der Waals surface area (Å²) in [6.07, 6.45) is 2.95. The zero-order valence-corrected chi connectivity index (χ0v) is 12.0. The first-order valence-electron chi connectivity index (χ1n) is 7.52. The standard InChI is InChI=1S/C16H23FN2O/c1-18-12-6-7-13(18)10-19(9-8-12)11-16(20)14-4-2-3-5-15(14)17/h2-5,12-13,16,20H,6-11H2,1H3. The average Bonchev–Trinajstić information content (AvgIpc) is 2.67. The predicted octanol–water partition coefficient (Wildman–Crippen LogP) is 2.03. The second-order valence-corrected chi connectivity index (χ2v) is 6.14. The van der Waals surface area contributed by atoms with E-state index in [1.807, 2.05) is 0 Å². The number of halogens is 1. The molecule has 3 nitrogen and oxygen atoms in total. The third kappa shape index (κ3) is 2.73. The van der Waals surface area contributed by atoms with Crippen LogP contribution in [-0.4, -0.2) is 53.7 Å². The summed E-state index contributed by atoms with van der Waals surface area (Å²) in [7, 11) is 2.21. The molecular weight excluding hydrogens is 255 g/mol. The van der Waals surface area contributed by atoms with E-state index in [2.05, 4.69) is 16.8 Å². The third-order valence-corrected chi connectivity index (χ3v) is 4.93. The van der Waals surface area contributed by atoms with Crippen LogP contribution in [0, 0.1) is 5.82 Å². The van der Waals surface area contributed by atoms with E-state index >= 15 is 0 Å². The van der Waals surface area contributed by atoms with E-state index < -0.39 is 6.10 Å². The minimum atomic E-state index is -0.738. The van der Waals surface area contributed by atoms with Gasteiger partial charge < -0.3 is 5.11 Å². The predicted molar refractivity (Wildman–Crippen MR) is 77.0 cm³/mol. The van der Waals surface area contributed by atoms with Gasteiger partial charge in [-0.2, -0.15) is 0 Å². The number of hydrogen-bond acceptors (Lipinski definition) is 3. The van der Waals surface area contributed by atoms with Crippen LogP contribution < -0.4 is 0 Å². The maximum atomic E-state index is 13.7. The molecule has 0 saturated carbocycles. The van der Waals surface area contributed by atoms with Crippen molar-refractivity contribution in [3.63, 3.8) is 0 Å². The molecule has 2 bridgehead atoms. The van der Waals surface area contributed by atoms with E-state index in [9.17, 15) is 9.50 Å². The molecule has 1 aromatic rings. The Morgan fingerprint density at radius 2 is 2.00 bits per heavy atom. The first-order chi connectivity index (χ1) is 9.65. The zero-order valence-electron chi connectivity index (χ0n) is 12.0. The Kier molecular flexibility index (Phi) is 4.06. The van der Waals surface area contributed by atoms with Crippen molar-refractivity contribution in [2.24, 2.45) is 0 Å². The summed E-state index contributed by atoms with van der Waals surface area (Å²) in [5, 5.41) is 10.3. The van der Waals surface area contributed by atoms with Gasteiger partial charge >= 0.3 is 0 Å². The lowest BCUT2D eigenvalue weighted by Gasteiger charge is -2.27. The Bertz CT molecular complexity index is 468. The fraction of sp³-hybridized carbons (Fsp3) is 0.625. The molecule has 0 amide bonds. The summed E-state index contributed by atoms with van der Waals surface area (Å²) in [5.41, 5.74) is 0.412. The van der Waals surface area contributed by atoms with Gasteiger partial charge in [-0.05, 0) is 38.9 Å². The lowest BCUT2D eigenvalue weighted by molar-refractivity contribution is 0.104. The van der Waals surface area contributed by atoms with Crippen molar-refractivity contribution in [2.45, 2.75) is 37.5 Å².